The van der Waals surface area contributed by atoms with Crippen LogP contribution >= 0.6 is 0 Å². The molecule has 14 heavy (non-hydrogen) atoms. The van der Waals surface area contributed by atoms with Crippen LogP contribution in [0, 0.1) is 0 Å². The highest BCUT2D eigenvalue weighted by atomic mass is 16.5. The summed E-state index contributed by atoms with van der Waals surface area (Å²) in [7, 11) is 8.01. The third-order valence-electron chi connectivity index (χ3n) is 2.64. The maximum absolute atomic E-state index is 5.40. The lowest BCUT2D eigenvalue weighted by atomic mass is 9.99. The lowest BCUT2D eigenvalue weighted by Crippen LogP contribution is -2.37. The minimum absolute atomic E-state index is 0.00140. The van der Waals surface area contributed by atoms with Gasteiger partial charge in [-0.25, -0.2) is 0 Å². The number of hydrogen-bond donors (Lipinski definition) is 1. The summed E-state index contributed by atoms with van der Waals surface area (Å²) >= 11 is 0. The molecule has 0 aliphatic heterocycles. The second-order valence-electron chi connectivity index (χ2n) is 4.75. The highest BCUT2D eigenvalue weighted by Gasteiger charge is 2.18. The Kier molecular flexibility index (Phi) is 6.33. The van der Waals surface area contributed by atoms with Gasteiger partial charge in [0.1, 0.15) is 0 Å². The smallest absolute Gasteiger partial charge is 0.0623 e. The van der Waals surface area contributed by atoms with Crippen molar-refractivity contribution in [2.45, 2.75) is 38.3 Å². The molecular weight excluding hydrogens is 176 g/mol. The Labute approximate surface area is 88.8 Å². The van der Waals surface area contributed by atoms with Crippen LogP contribution in [0.2, 0.25) is 0 Å². The lowest BCUT2D eigenvalue weighted by molar-refractivity contribution is 0.0113. The first kappa shape index (κ1) is 13.9. The van der Waals surface area contributed by atoms with Crippen molar-refractivity contribution < 1.29 is 4.74 Å². The minimum atomic E-state index is 0.00140. The van der Waals surface area contributed by atoms with E-state index in [0.717, 1.165) is 19.4 Å². The van der Waals surface area contributed by atoms with Gasteiger partial charge in [0.2, 0.25) is 0 Å². The Morgan fingerprint density at radius 2 is 1.93 bits per heavy atom. The molecule has 0 aromatic rings. The van der Waals surface area contributed by atoms with Gasteiger partial charge < -0.3 is 15.0 Å². The molecule has 0 saturated heterocycles. The van der Waals surface area contributed by atoms with Crippen molar-refractivity contribution in [2.24, 2.45) is 0 Å². The van der Waals surface area contributed by atoms with Gasteiger partial charge in [-0.3, -0.25) is 0 Å². The van der Waals surface area contributed by atoms with Crippen molar-refractivity contribution in [1.82, 2.24) is 10.2 Å². The average Bonchev–Trinajstić information content (AvgIpc) is 2.12. The summed E-state index contributed by atoms with van der Waals surface area (Å²) in [6.07, 6.45) is 2.23. The largest absolute Gasteiger partial charge is 0.379 e. The van der Waals surface area contributed by atoms with Crippen LogP contribution in [0.15, 0.2) is 0 Å². The van der Waals surface area contributed by atoms with E-state index < -0.39 is 0 Å². The summed E-state index contributed by atoms with van der Waals surface area (Å²) in [6, 6.07) is 0.555. The molecule has 86 valence electrons. The van der Waals surface area contributed by atoms with Gasteiger partial charge in [0.25, 0.3) is 0 Å². The molecule has 3 nitrogen and oxygen atoms in total. The number of ether oxygens (including phenoxy) is 1. The standard InChI is InChI=1S/C11H26N2O/c1-11(2,14-6)8-7-10(12-3)9-13(4)5/h10,12H,7-9H2,1-6H3. The van der Waals surface area contributed by atoms with Crippen molar-refractivity contribution >= 4 is 0 Å². The highest BCUT2D eigenvalue weighted by molar-refractivity contribution is 4.74. The first-order valence-corrected chi connectivity index (χ1v) is 5.28. The summed E-state index contributed by atoms with van der Waals surface area (Å²) in [6.45, 7) is 5.35. The topological polar surface area (TPSA) is 24.5 Å². The fourth-order valence-corrected chi connectivity index (χ4v) is 1.39. The van der Waals surface area contributed by atoms with Crippen molar-refractivity contribution in [3.63, 3.8) is 0 Å². The number of hydrogen-bond acceptors (Lipinski definition) is 3. The van der Waals surface area contributed by atoms with Crippen molar-refractivity contribution in [1.29, 1.82) is 0 Å². The predicted molar refractivity (Wildman–Crippen MR) is 61.7 cm³/mol. The molecule has 0 radical (unpaired) electrons. The number of nitrogens with one attached hydrogen (secondary N) is 1. The van der Waals surface area contributed by atoms with E-state index in [-0.39, 0.29) is 5.60 Å². The SMILES string of the molecule is CNC(CCC(C)(C)OC)CN(C)C. The molecule has 0 aliphatic carbocycles. The minimum Gasteiger partial charge on any atom is -0.379 e. The van der Waals surface area contributed by atoms with Gasteiger partial charge in [0.15, 0.2) is 0 Å². The molecule has 3 heteroatoms. The molecule has 0 aromatic carbocycles. The molecular formula is C11H26N2O. The fourth-order valence-electron chi connectivity index (χ4n) is 1.39. The molecule has 0 fully saturated rings. The fraction of sp³-hybridized carbons (Fsp3) is 1.00. The van der Waals surface area contributed by atoms with Gasteiger partial charge >= 0.3 is 0 Å². The van der Waals surface area contributed by atoms with Gasteiger partial charge in [-0.2, -0.15) is 0 Å². The normalized spacial score (nSPS) is 14.8. The zero-order chi connectivity index (χ0) is 11.2. The molecule has 0 rings (SSSR count). The Morgan fingerprint density at radius 1 is 1.36 bits per heavy atom. The van der Waals surface area contributed by atoms with Crippen molar-refractivity contribution in [2.75, 3.05) is 34.8 Å². The predicted octanol–water partition coefficient (Wildman–Crippen LogP) is 1.34. The molecule has 1 unspecified atom stereocenters. The van der Waals surface area contributed by atoms with Crippen molar-refractivity contribution in [3.8, 4) is 0 Å². The average molecular weight is 202 g/mol. The third-order valence-corrected chi connectivity index (χ3v) is 2.64. The Hall–Kier alpha value is -0.120. The molecule has 0 aromatic heterocycles. The van der Waals surface area contributed by atoms with Crippen LogP contribution < -0.4 is 5.32 Å². The van der Waals surface area contributed by atoms with E-state index in [1.165, 1.54) is 0 Å². The summed E-state index contributed by atoms with van der Waals surface area (Å²) in [5.41, 5.74) is 0.00140. The molecule has 0 aliphatic rings. The molecule has 0 amide bonds. The second-order valence-corrected chi connectivity index (χ2v) is 4.75. The lowest BCUT2D eigenvalue weighted by Gasteiger charge is -2.27. The van der Waals surface area contributed by atoms with E-state index in [1.54, 1.807) is 7.11 Å². The Balaban J connectivity index is 3.83. The molecule has 1 N–H and O–H groups in total. The molecule has 0 heterocycles. The molecule has 0 bridgehead atoms. The zero-order valence-corrected chi connectivity index (χ0v) is 10.6. The van der Waals surface area contributed by atoms with Gasteiger partial charge in [0, 0.05) is 19.7 Å². The summed E-state index contributed by atoms with van der Waals surface area (Å²) in [5, 5.41) is 3.33. The number of likely N-dealkylation sites (N-methyl/N-ethyl adjacent to an activating group) is 2. The van der Waals surface area contributed by atoms with Crippen molar-refractivity contribution in [3.05, 3.63) is 0 Å². The molecule has 0 spiro atoms. The van der Waals surface area contributed by atoms with Crippen LogP contribution in [-0.4, -0.2) is 51.3 Å². The quantitative estimate of drug-likeness (QED) is 0.674. The first-order valence-electron chi connectivity index (χ1n) is 5.28. The van der Waals surface area contributed by atoms with E-state index in [9.17, 15) is 0 Å². The van der Waals surface area contributed by atoms with E-state index in [1.807, 2.05) is 7.05 Å². The van der Waals surface area contributed by atoms with Gasteiger partial charge in [-0.05, 0) is 47.8 Å². The monoisotopic (exact) mass is 202 g/mol. The maximum atomic E-state index is 5.40. The van der Waals surface area contributed by atoms with E-state index in [2.05, 4.69) is 38.2 Å². The van der Waals surface area contributed by atoms with Gasteiger partial charge in [0.05, 0.1) is 5.60 Å². The van der Waals surface area contributed by atoms with Crippen LogP contribution in [0.4, 0.5) is 0 Å². The number of methoxy groups -OCH3 is 1. The zero-order valence-electron chi connectivity index (χ0n) is 10.6. The Morgan fingerprint density at radius 3 is 2.29 bits per heavy atom. The summed E-state index contributed by atoms with van der Waals surface area (Å²) in [4.78, 5) is 2.21. The van der Waals surface area contributed by atoms with Crippen LogP contribution in [-0.2, 0) is 4.74 Å². The van der Waals surface area contributed by atoms with Crippen LogP contribution in [0.1, 0.15) is 26.7 Å². The third kappa shape index (κ3) is 6.35. The highest BCUT2D eigenvalue weighted by Crippen LogP contribution is 2.16. The van der Waals surface area contributed by atoms with E-state index >= 15 is 0 Å². The van der Waals surface area contributed by atoms with E-state index in [0.29, 0.717) is 6.04 Å². The number of rotatable bonds is 7. The van der Waals surface area contributed by atoms with Gasteiger partial charge in [-0.1, -0.05) is 0 Å². The molecule has 0 saturated carbocycles. The maximum Gasteiger partial charge on any atom is 0.0623 e. The summed E-state index contributed by atoms with van der Waals surface area (Å²) in [5.74, 6) is 0. The van der Waals surface area contributed by atoms with Crippen LogP contribution in [0.25, 0.3) is 0 Å². The summed E-state index contributed by atoms with van der Waals surface area (Å²) < 4.78 is 5.40. The second kappa shape index (κ2) is 6.38. The van der Waals surface area contributed by atoms with E-state index in [4.69, 9.17) is 4.74 Å². The number of nitrogens with zero attached hydrogens (tertiary/aromatic N) is 1. The first-order chi connectivity index (χ1) is 6.41. The van der Waals surface area contributed by atoms with Crippen LogP contribution in [0.5, 0.6) is 0 Å². The molecule has 1 atom stereocenters. The van der Waals surface area contributed by atoms with Gasteiger partial charge in [-0.15, -0.1) is 0 Å². The van der Waals surface area contributed by atoms with Crippen LogP contribution in [0.3, 0.4) is 0 Å². The Bertz CT molecular complexity index is 146.